The molecule has 0 radical (unpaired) electrons. The Hall–Kier alpha value is -2.90. The summed E-state index contributed by atoms with van der Waals surface area (Å²) in [6.07, 6.45) is 12.0. The molecule has 0 bridgehead atoms. The van der Waals surface area contributed by atoms with Gasteiger partial charge in [0.05, 0.1) is 26.4 Å². The number of benzene rings is 2. The SMILES string of the molecule is COCCOCOc1ccc(C=CC=CC=Cc2ccc(OCOCCOC)cc2)cc1. The van der Waals surface area contributed by atoms with Crippen LogP contribution in [0.25, 0.3) is 12.2 Å². The number of methoxy groups -OCH3 is 2. The van der Waals surface area contributed by atoms with Crippen molar-refractivity contribution in [2.75, 3.05) is 54.2 Å². The Morgan fingerprint density at radius 1 is 0.531 bits per heavy atom. The van der Waals surface area contributed by atoms with Crippen molar-refractivity contribution in [1.82, 2.24) is 0 Å². The summed E-state index contributed by atoms with van der Waals surface area (Å²) in [5.41, 5.74) is 2.18. The molecule has 0 saturated heterocycles. The first-order valence-electron chi connectivity index (χ1n) is 10.4. The third kappa shape index (κ3) is 11.5. The molecule has 0 saturated carbocycles. The highest BCUT2D eigenvalue weighted by Gasteiger charge is 1.95. The Morgan fingerprint density at radius 3 is 1.31 bits per heavy atom. The highest BCUT2D eigenvalue weighted by atomic mass is 16.7. The summed E-state index contributed by atoms with van der Waals surface area (Å²) in [6.45, 7) is 2.58. The predicted molar refractivity (Wildman–Crippen MR) is 127 cm³/mol. The van der Waals surface area contributed by atoms with E-state index in [0.29, 0.717) is 26.4 Å². The molecule has 0 aliphatic carbocycles. The van der Waals surface area contributed by atoms with Crippen molar-refractivity contribution in [3.63, 3.8) is 0 Å². The zero-order chi connectivity index (χ0) is 22.7. The first-order valence-corrected chi connectivity index (χ1v) is 10.4. The van der Waals surface area contributed by atoms with Gasteiger partial charge in [0.25, 0.3) is 0 Å². The maximum Gasteiger partial charge on any atom is 0.189 e. The summed E-state index contributed by atoms with van der Waals surface area (Å²) >= 11 is 0. The van der Waals surface area contributed by atoms with Crippen LogP contribution in [0, 0.1) is 0 Å². The molecule has 0 unspecified atom stereocenters. The minimum absolute atomic E-state index is 0.215. The van der Waals surface area contributed by atoms with Gasteiger partial charge >= 0.3 is 0 Å². The fourth-order valence-corrected chi connectivity index (χ4v) is 2.43. The minimum atomic E-state index is 0.215. The van der Waals surface area contributed by atoms with Gasteiger partial charge in [-0.25, -0.2) is 0 Å². The molecule has 2 aromatic rings. The lowest BCUT2D eigenvalue weighted by Gasteiger charge is -2.06. The molecule has 0 amide bonds. The lowest BCUT2D eigenvalue weighted by molar-refractivity contribution is -0.00857. The van der Waals surface area contributed by atoms with Crippen LogP contribution in [0.1, 0.15) is 11.1 Å². The second-order valence-electron chi connectivity index (χ2n) is 6.57. The lowest BCUT2D eigenvalue weighted by Crippen LogP contribution is -2.07. The van der Waals surface area contributed by atoms with E-state index < -0.39 is 0 Å². The van der Waals surface area contributed by atoms with Gasteiger partial charge in [0.1, 0.15) is 11.5 Å². The molecule has 0 aliphatic rings. The van der Waals surface area contributed by atoms with Crippen LogP contribution in [0.4, 0.5) is 0 Å². The van der Waals surface area contributed by atoms with E-state index in [2.05, 4.69) is 0 Å². The van der Waals surface area contributed by atoms with Crippen molar-refractivity contribution >= 4 is 12.2 Å². The van der Waals surface area contributed by atoms with Gasteiger partial charge in [-0.3, -0.25) is 0 Å². The highest BCUT2D eigenvalue weighted by Crippen LogP contribution is 2.14. The van der Waals surface area contributed by atoms with E-state index in [1.165, 1.54) is 0 Å². The molecular formula is C26H32O6. The number of rotatable bonds is 16. The Bertz CT molecular complexity index is 740. The van der Waals surface area contributed by atoms with E-state index in [9.17, 15) is 0 Å². The van der Waals surface area contributed by atoms with E-state index in [1.54, 1.807) is 14.2 Å². The normalized spacial score (nSPS) is 11.7. The van der Waals surface area contributed by atoms with Gasteiger partial charge in [-0.2, -0.15) is 0 Å². The fourth-order valence-electron chi connectivity index (χ4n) is 2.43. The van der Waals surface area contributed by atoms with Gasteiger partial charge in [0.15, 0.2) is 13.6 Å². The zero-order valence-electron chi connectivity index (χ0n) is 18.8. The number of hydrogen-bond acceptors (Lipinski definition) is 6. The van der Waals surface area contributed by atoms with Crippen LogP contribution in [0.2, 0.25) is 0 Å². The van der Waals surface area contributed by atoms with Gasteiger partial charge in [-0.05, 0) is 35.4 Å². The van der Waals surface area contributed by atoms with Gasteiger partial charge in [0, 0.05) is 14.2 Å². The summed E-state index contributed by atoms with van der Waals surface area (Å²) < 4.78 is 31.4. The van der Waals surface area contributed by atoms with E-state index in [4.69, 9.17) is 28.4 Å². The largest absolute Gasteiger partial charge is 0.468 e. The average molecular weight is 441 g/mol. The van der Waals surface area contributed by atoms with Crippen molar-refractivity contribution < 1.29 is 28.4 Å². The van der Waals surface area contributed by atoms with Crippen LogP contribution in [0.3, 0.4) is 0 Å². The Kier molecular flexibility index (Phi) is 13.3. The summed E-state index contributed by atoms with van der Waals surface area (Å²) in [6, 6.07) is 15.7. The maximum absolute atomic E-state index is 5.50. The Labute approximate surface area is 190 Å². The van der Waals surface area contributed by atoms with Gasteiger partial charge < -0.3 is 28.4 Å². The van der Waals surface area contributed by atoms with Crippen molar-refractivity contribution in [3.8, 4) is 11.5 Å². The second kappa shape index (κ2) is 16.8. The molecule has 6 heteroatoms. The third-order valence-corrected chi connectivity index (χ3v) is 4.15. The number of ether oxygens (including phenoxy) is 6. The topological polar surface area (TPSA) is 55.4 Å². The average Bonchev–Trinajstić information content (AvgIpc) is 2.83. The highest BCUT2D eigenvalue weighted by molar-refractivity contribution is 5.54. The summed E-state index contributed by atoms with van der Waals surface area (Å²) in [4.78, 5) is 0. The van der Waals surface area contributed by atoms with Gasteiger partial charge in [0.2, 0.25) is 0 Å². The first kappa shape index (κ1) is 25.4. The summed E-state index contributed by atoms with van der Waals surface area (Å²) in [7, 11) is 3.28. The maximum atomic E-state index is 5.50. The predicted octanol–water partition coefficient (Wildman–Crippen LogP) is 4.97. The fraction of sp³-hybridized carbons (Fsp3) is 0.308. The molecule has 2 aromatic carbocycles. The van der Waals surface area contributed by atoms with Crippen LogP contribution < -0.4 is 9.47 Å². The standard InChI is InChI=1S/C26H32O6/c1-27-17-19-29-21-31-25-13-9-23(10-14-25)7-5-3-4-6-8-24-11-15-26(16-12-24)32-22-30-20-18-28-2/h3-16H,17-22H2,1-2H3. The lowest BCUT2D eigenvalue weighted by atomic mass is 10.2. The van der Waals surface area contributed by atoms with Crippen LogP contribution in [0.5, 0.6) is 11.5 Å². The van der Waals surface area contributed by atoms with Crippen LogP contribution in [-0.4, -0.2) is 54.2 Å². The minimum Gasteiger partial charge on any atom is -0.468 e. The third-order valence-electron chi connectivity index (χ3n) is 4.15. The molecule has 6 nitrogen and oxygen atoms in total. The van der Waals surface area contributed by atoms with Crippen LogP contribution in [0.15, 0.2) is 72.8 Å². The molecular weight excluding hydrogens is 408 g/mol. The van der Waals surface area contributed by atoms with Crippen molar-refractivity contribution in [2.24, 2.45) is 0 Å². The first-order chi connectivity index (χ1) is 15.8. The molecule has 172 valence electrons. The van der Waals surface area contributed by atoms with E-state index in [1.807, 2.05) is 85.0 Å². The second-order valence-corrected chi connectivity index (χ2v) is 6.57. The molecule has 0 fully saturated rings. The molecule has 0 aromatic heterocycles. The van der Waals surface area contributed by atoms with Crippen molar-refractivity contribution in [1.29, 1.82) is 0 Å². The van der Waals surface area contributed by atoms with Crippen LogP contribution in [-0.2, 0) is 18.9 Å². The molecule has 0 spiro atoms. The van der Waals surface area contributed by atoms with E-state index in [-0.39, 0.29) is 13.6 Å². The monoisotopic (exact) mass is 440 g/mol. The molecule has 0 atom stereocenters. The van der Waals surface area contributed by atoms with Crippen molar-refractivity contribution in [2.45, 2.75) is 0 Å². The molecule has 0 aliphatic heterocycles. The van der Waals surface area contributed by atoms with Crippen molar-refractivity contribution in [3.05, 3.63) is 84.0 Å². The van der Waals surface area contributed by atoms with Crippen LogP contribution >= 0.6 is 0 Å². The number of hydrogen-bond donors (Lipinski definition) is 0. The zero-order valence-corrected chi connectivity index (χ0v) is 18.8. The summed E-state index contributed by atoms with van der Waals surface area (Å²) in [5, 5.41) is 0. The molecule has 0 N–H and O–H groups in total. The smallest absolute Gasteiger partial charge is 0.189 e. The van der Waals surface area contributed by atoms with Gasteiger partial charge in [-0.15, -0.1) is 0 Å². The molecule has 0 heterocycles. The Morgan fingerprint density at radius 2 is 0.938 bits per heavy atom. The van der Waals surface area contributed by atoms with E-state index >= 15 is 0 Å². The quantitative estimate of drug-likeness (QED) is 0.209. The number of allylic oxidation sites excluding steroid dienone is 4. The molecule has 32 heavy (non-hydrogen) atoms. The Balaban J connectivity index is 1.67. The summed E-state index contributed by atoms with van der Waals surface area (Å²) in [5.74, 6) is 1.54. The molecule has 2 rings (SSSR count). The van der Waals surface area contributed by atoms with Gasteiger partial charge in [-0.1, -0.05) is 60.7 Å². The van der Waals surface area contributed by atoms with E-state index in [0.717, 1.165) is 22.6 Å².